The lowest BCUT2D eigenvalue weighted by Crippen LogP contribution is -1.98. The minimum atomic E-state index is 0.0478. The Hall–Kier alpha value is -1.71. The van der Waals surface area contributed by atoms with Gasteiger partial charge in [0.1, 0.15) is 5.82 Å². The number of hydrogen-bond acceptors (Lipinski definition) is 3. The third-order valence-electron chi connectivity index (χ3n) is 2.36. The molecule has 0 radical (unpaired) electrons. The number of pyridine rings is 1. The molecule has 2 heterocycles. The lowest BCUT2D eigenvalue weighted by atomic mass is 10.2. The van der Waals surface area contributed by atoms with Crippen molar-refractivity contribution in [3.8, 4) is 0 Å². The molecule has 78 valence electrons. The van der Waals surface area contributed by atoms with Gasteiger partial charge in [-0.05, 0) is 19.1 Å². The molecule has 0 fully saturated rings. The zero-order chi connectivity index (χ0) is 11.0. The van der Waals surface area contributed by atoms with Crippen molar-refractivity contribution in [1.29, 1.82) is 0 Å². The van der Waals surface area contributed by atoms with Crippen molar-refractivity contribution in [2.24, 2.45) is 0 Å². The lowest BCUT2D eigenvalue weighted by molar-refractivity contribution is 0.101. The molecular weight excluding hydrogens is 190 g/mol. The first-order valence-corrected chi connectivity index (χ1v) is 4.95. The van der Waals surface area contributed by atoms with E-state index in [0.29, 0.717) is 11.5 Å². The highest BCUT2D eigenvalue weighted by atomic mass is 16.1. The van der Waals surface area contributed by atoms with Crippen molar-refractivity contribution in [3.63, 3.8) is 0 Å². The van der Waals surface area contributed by atoms with Gasteiger partial charge < -0.3 is 0 Å². The summed E-state index contributed by atoms with van der Waals surface area (Å²) in [5.74, 6) is 1.29. The van der Waals surface area contributed by atoms with Gasteiger partial charge in [0.05, 0.1) is 0 Å². The van der Waals surface area contributed by atoms with Crippen molar-refractivity contribution in [2.75, 3.05) is 0 Å². The average molecular weight is 203 g/mol. The van der Waals surface area contributed by atoms with Crippen LogP contribution in [0.1, 0.15) is 42.9 Å². The van der Waals surface area contributed by atoms with Gasteiger partial charge in [-0.25, -0.2) is 0 Å². The Morgan fingerprint density at radius 3 is 2.73 bits per heavy atom. The van der Waals surface area contributed by atoms with Gasteiger partial charge in [-0.1, -0.05) is 13.8 Å². The molecule has 2 rings (SSSR count). The Morgan fingerprint density at radius 2 is 2.13 bits per heavy atom. The summed E-state index contributed by atoms with van der Waals surface area (Å²) in [4.78, 5) is 11.2. The monoisotopic (exact) mass is 203 g/mol. The van der Waals surface area contributed by atoms with Crippen LogP contribution in [-0.4, -0.2) is 20.4 Å². The predicted octanol–water partition coefficient (Wildman–Crippen LogP) is 2.06. The second-order valence-electron chi connectivity index (χ2n) is 3.91. The number of Topliss-reactive ketones (excluding diaryl/α,β-unsaturated/α-hetero) is 1. The molecule has 0 amide bonds. The fraction of sp³-hybridized carbons (Fsp3) is 0.364. The van der Waals surface area contributed by atoms with Crippen molar-refractivity contribution < 1.29 is 4.79 Å². The van der Waals surface area contributed by atoms with Gasteiger partial charge in [-0.2, -0.15) is 0 Å². The normalized spacial score (nSPS) is 11.2. The van der Waals surface area contributed by atoms with Crippen molar-refractivity contribution in [1.82, 2.24) is 14.6 Å². The molecule has 0 unspecified atom stereocenters. The third-order valence-corrected chi connectivity index (χ3v) is 2.36. The lowest BCUT2D eigenvalue weighted by Gasteiger charge is -2.02. The van der Waals surface area contributed by atoms with E-state index < -0.39 is 0 Å². The van der Waals surface area contributed by atoms with Crippen LogP contribution in [0.5, 0.6) is 0 Å². The summed E-state index contributed by atoms with van der Waals surface area (Å²) in [6.45, 7) is 5.68. The molecule has 0 aromatic carbocycles. The molecular formula is C11H13N3O. The summed E-state index contributed by atoms with van der Waals surface area (Å²) in [5, 5.41) is 8.14. The molecule has 0 saturated carbocycles. The Bertz CT molecular complexity index is 514. The zero-order valence-electron chi connectivity index (χ0n) is 9.06. The van der Waals surface area contributed by atoms with Gasteiger partial charge >= 0.3 is 0 Å². The molecule has 0 aliphatic rings. The largest absolute Gasteiger partial charge is 0.295 e. The number of hydrogen-bond donors (Lipinski definition) is 0. The number of aromatic nitrogens is 3. The minimum absolute atomic E-state index is 0.0478. The molecule has 0 atom stereocenters. The van der Waals surface area contributed by atoms with Crippen LogP contribution in [0.15, 0.2) is 18.3 Å². The van der Waals surface area contributed by atoms with E-state index in [0.717, 1.165) is 11.5 Å². The van der Waals surface area contributed by atoms with Crippen LogP contribution in [0.2, 0.25) is 0 Å². The maximum atomic E-state index is 11.2. The van der Waals surface area contributed by atoms with E-state index in [1.165, 1.54) is 0 Å². The molecule has 0 aliphatic carbocycles. The second kappa shape index (κ2) is 3.46. The van der Waals surface area contributed by atoms with Crippen molar-refractivity contribution in [3.05, 3.63) is 29.7 Å². The molecule has 4 heteroatoms. The van der Waals surface area contributed by atoms with Crippen molar-refractivity contribution >= 4 is 11.4 Å². The Kier molecular flexibility index (Phi) is 2.26. The van der Waals surface area contributed by atoms with Gasteiger partial charge in [0.2, 0.25) is 0 Å². The Balaban J connectivity index is 2.61. The summed E-state index contributed by atoms with van der Waals surface area (Å²) in [6, 6.07) is 3.56. The summed E-state index contributed by atoms with van der Waals surface area (Å²) in [5.41, 5.74) is 1.40. The van der Waals surface area contributed by atoms with Gasteiger partial charge in [0.25, 0.3) is 0 Å². The smallest absolute Gasteiger partial charge is 0.161 e. The molecule has 15 heavy (non-hydrogen) atoms. The summed E-state index contributed by atoms with van der Waals surface area (Å²) in [7, 11) is 0. The van der Waals surface area contributed by atoms with E-state index in [1.54, 1.807) is 19.1 Å². The standard InChI is InChI=1S/C11H13N3O/c1-7(2)11-13-12-10-6-9(8(3)15)4-5-14(10)11/h4-7H,1-3H3. The van der Waals surface area contributed by atoms with E-state index in [1.807, 2.05) is 10.6 Å². The Morgan fingerprint density at radius 1 is 1.40 bits per heavy atom. The first-order valence-electron chi connectivity index (χ1n) is 4.95. The van der Waals surface area contributed by atoms with Gasteiger partial charge in [0, 0.05) is 17.7 Å². The topological polar surface area (TPSA) is 47.3 Å². The van der Waals surface area contributed by atoms with E-state index in [9.17, 15) is 4.79 Å². The number of nitrogens with zero attached hydrogens (tertiary/aromatic N) is 3. The van der Waals surface area contributed by atoms with Crippen molar-refractivity contribution in [2.45, 2.75) is 26.7 Å². The number of fused-ring (bicyclic) bond motifs is 1. The summed E-state index contributed by atoms with van der Waals surface area (Å²) in [6.07, 6.45) is 1.85. The Labute approximate surface area is 87.9 Å². The van der Waals surface area contributed by atoms with Crippen LogP contribution in [0, 0.1) is 0 Å². The molecule has 0 bridgehead atoms. The van der Waals surface area contributed by atoms with E-state index in [4.69, 9.17) is 0 Å². The van der Waals surface area contributed by atoms with Gasteiger partial charge in [-0.15, -0.1) is 10.2 Å². The quantitative estimate of drug-likeness (QED) is 0.702. The highest BCUT2D eigenvalue weighted by Gasteiger charge is 2.10. The number of carbonyl (C=O) groups excluding carboxylic acids is 1. The highest BCUT2D eigenvalue weighted by molar-refractivity contribution is 5.94. The van der Waals surface area contributed by atoms with Crippen LogP contribution in [0.3, 0.4) is 0 Å². The maximum Gasteiger partial charge on any atom is 0.161 e. The molecule has 4 nitrogen and oxygen atoms in total. The second-order valence-corrected chi connectivity index (χ2v) is 3.91. The van der Waals surface area contributed by atoms with E-state index in [-0.39, 0.29) is 5.78 Å². The average Bonchev–Trinajstić information content (AvgIpc) is 2.59. The zero-order valence-corrected chi connectivity index (χ0v) is 9.06. The molecule has 0 aliphatic heterocycles. The van der Waals surface area contributed by atoms with E-state index in [2.05, 4.69) is 24.0 Å². The van der Waals surface area contributed by atoms with E-state index >= 15 is 0 Å². The van der Waals surface area contributed by atoms with Crippen LogP contribution >= 0.6 is 0 Å². The fourth-order valence-electron chi connectivity index (χ4n) is 1.52. The SMILES string of the molecule is CC(=O)c1ccn2c(C(C)C)nnc2c1. The third kappa shape index (κ3) is 1.63. The number of ketones is 1. The molecule has 2 aromatic rings. The number of rotatable bonds is 2. The minimum Gasteiger partial charge on any atom is -0.295 e. The van der Waals surface area contributed by atoms with Crippen LogP contribution < -0.4 is 0 Å². The maximum absolute atomic E-state index is 11.2. The predicted molar refractivity (Wildman–Crippen MR) is 57.1 cm³/mol. The number of carbonyl (C=O) groups is 1. The molecule has 2 aromatic heterocycles. The van der Waals surface area contributed by atoms with Gasteiger partial charge in [0.15, 0.2) is 11.4 Å². The van der Waals surface area contributed by atoms with Crippen LogP contribution in [-0.2, 0) is 0 Å². The fourth-order valence-corrected chi connectivity index (χ4v) is 1.52. The van der Waals surface area contributed by atoms with Crippen LogP contribution in [0.25, 0.3) is 5.65 Å². The summed E-state index contributed by atoms with van der Waals surface area (Å²) < 4.78 is 1.91. The summed E-state index contributed by atoms with van der Waals surface area (Å²) >= 11 is 0. The van der Waals surface area contributed by atoms with Crippen LogP contribution in [0.4, 0.5) is 0 Å². The molecule has 0 spiro atoms. The first kappa shape index (κ1) is 9.83. The molecule has 0 N–H and O–H groups in total. The first-order chi connectivity index (χ1) is 7.09. The molecule has 0 saturated heterocycles. The highest BCUT2D eigenvalue weighted by Crippen LogP contribution is 2.14. The van der Waals surface area contributed by atoms with Gasteiger partial charge in [-0.3, -0.25) is 9.20 Å².